The fourth-order valence-electron chi connectivity index (χ4n) is 2.25. The zero-order valence-corrected chi connectivity index (χ0v) is 9.96. The second-order valence-electron chi connectivity index (χ2n) is 4.11. The molecule has 0 fully saturated rings. The number of nitrogens with zero attached hydrogens (tertiary/aromatic N) is 1. The van der Waals surface area contributed by atoms with Gasteiger partial charge >= 0.3 is 6.18 Å². The summed E-state index contributed by atoms with van der Waals surface area (Å²) in [5.74, 6) is 0. The highest BCUT2D eigenvalue weighted by Crippen LogP contribution is 2.37. The van der Waals surface area contributed by atoms with Crippen LogP contribution in [0.15, 0.2) is 24.4 Å². The van der Waals surface area contributed by atoms with E-state index in [1.54, 1.807) is 16.8 Å². The first kappa shape index (κ1) is 13.0. The van der Waals surface area contributed by atoms with Crippen molar-refractivity contribution in [3.63, 3.8) is 0 Å². The number of benzene rings is 1. The van der Waals surface area contributed by atoms with Crippen LogP contribution in [0.5, 0.6) is 0 Å². The third-order valence-electron chi connectivity index (χ3n) is 3.01. The van der Waals surface area contributed by atoms with Gasteiger partial charge in [0.05, 0.1) is 5.56 Å². The van der Waals surface area contributed by atoms with E-state index in [-0.39, 0.29) is 18.4 Å². The third kappa shape index (κ3) is 2.10. The molecule has 1 aromatic carbocycles. The third-order valence-corrected chi connectivity index (χ3v) is 3.01. The molecule has 2 nitrogen and oxygen atoms in total. The SMILES string of the molecule is CCn1cc(CCO)c2c(C(F)(F)F)cccc21. The number of aliphatic hydroxyl groups is 1. The minimum absolute atomic E-state index is 0.158. The summed E-state index contributed by atoms with van der Waals surface area (Å²) >= 11 is 0. The average Bonchev–Trinajstić information content (AvgIpc) is 2.67. The summed E-state index contributed by atoms with van der Waals surface area (Å²) in [6, 6.07) is 4.18. The van der Waals surface area contributed by atoms with Crippen LogP contribution in [0.2, 0.25) is 0 Å². The van der Waals surface area contributed by atoms with Gasteiger partial charge in [0, 0.05) is 30.3 Å². The number of rotatable bonds is 3. The van der Waals surface area contributed by atoms with Crippen molar-refractivity contribution in [2.45, 2.75) is 26.1 Å². The zero-order valence-electron chi connectivity index (χ0n) is 9.96. The van der Waals surface area contributed by atoms with E-state index in [9.17, 15) is 13.2 Å². The molecule has 2 rings (SSSR count). The van der Waals surface area contributed by atoms with Gasteiger partial charge in [0.2, 0.25) is 0 Å². The quantitative estimate of drug-likeness (QED) is 0.897. The van der Waals surface area contributed by atoms with Gasteiger partial charge in [-0.3, -0.25) is 0 Å². The smallest absolute Gasteiger partial charge is 0.396 e. The van der Waals surface area contributed by atoms with Gasteiger partial charge in [0.1, 0.15) is 0 Å². The molecule has 0 saturated carbocycles. The van der Waals surface area contributed by atoms with E-state index >= 15 is 0 Å². The molecule has 0 amide bonds. The first-order valence-corrected chi connectivity index (χ1v) is 5.77. The Morgan fingerprint density at radius 1 is 1.28 bits per heavy atom. The molecule has 1 aromatic heterocycles. The number of halogens is 3. The van der Waals surface area contributed by atoms with Gasteiger partial charge in [0.15, 0.2) is 0 Å². The molecule has 1 heterocycles. The van der Waals surface area contributed by atoms with Crippen molar-refractivity contribution >= 4 is 10.9 Å². The summed E-state index contributed by atoms with van der Waals surface area (Å²) in [4.78, 5) is 0. The normalized spacial score (nSPS) is 12.3. The number of hydrogen-bond donors (Lipinski definition) is 1. The Balaban J connectivity index is 2.76. The Bertz CT molecular complexity index is 557. The Hall–Kier alpha value is -1.49. The van der Waals surface area contributed by atoms with Gasteiger partial charge in [-0.05, 0) is 31.0 Å². The summed E-state index contributed by atoms with van der Waals surface area (Å²) in [6.07, 6.45) is -2.45. The number of aryl methyl sites for hydroxylation is 1. The van der Waals surface area contributed by atoms with E-state index in [1.807, 2.05) is 6.92 Å². The Kier molecular flexibility index (Phi) is 3.34. The fourth-order valence-corrected chi connectivity index (χ4v) is 2.25. The molecule has 98 valence electrons. The van der Waals surface area contributed by atoms with Crippen molar-refractivity contribution in [2.75, 3.05) is 6.61 Å². The van der Waals surface area contributed by atoms with Crippen molar-refractivity contribution in [3.05, 3.63) is 35.5 Å². The molecule has 1 N–H and O–H groups in total. The van der Waals surface area contributed by atoms with E-state index in [1.165, 1.54) is 6.07 Å². The fraction of sp³-hybridized carbons (Fsp3) is 0.385. The maximum Gasteiger partial charge on any atom is 0.417 e. The summed E-state index contributed by atoms with van der Waals surface area (Å²) in [5.41, 5.74) is 0.480. The summed E-state index contributed by atoms with van der Waals surface area (Å²) in [5, 5.41) is 9.17. The minimum atomic E-state index is -4.37. The number of hydrogen-bond acceptors (Lipinski definition) is 1. The maximum absolute atomic E-state index is 13.0. The number of alkyl halides is 3. The molecule has 0 aliphatic rings. The van der Waals surface area contributed by atoms with Crippen LogP contribution in [-0.4, -0.2) is 16.3 Å². The number of aromatic nitrogens is 1. The second-order valence-corrected chi connectivity index (χ2v) is 4.11. The van der Waals surface area contributed by atoms with Crippen LogP contribution in [0.1, 0.15) is 18.1 Å². The molecule has 0 aliphatic carbocycles. The van der Waals surface area contributed by atoms with E-state index in [4.69, 9.17) is 5.11 Å². The Morgan fingerprint density at radius 2 is 2.00 bits per heavy atom. The van der Waals surface area contributed by atoms with E-state index in [2.05, 4.69) is 0 Å². The predicted octanol–water partition coefficient (Wildman–Crippen LogP) is 3.21. The molecule has 18 heavy (non-hydrogen) atoms. The Morgan fingerprint density at radius 3 is 2.56 bits per heavy atom. The summed E-state index contributed by atoms with van der Waals surface area (Å²) in [7, 11) is 0. The lowest BCUT2D eigenvalue weighted by atomic mass is 10.0. The van der Waals surface area contributed by atoms with Crippen LogP contribution in [0.4, 0.5) is 13.2 Å². The van der Waals surface area contributed by atoms with E-state index < -0.39 is 11.7 Å². The molecule has 0 unspecified atom stereocenters. The molecule has 0 aliphatic heterocycles. The highest BCUT2D eigenvalue weighted by molar-refractivity contribution is 5.88. The first-order chi connectivity index (χ1) is 8.49. The molecular formula is C13H14F3NO. The number of aliphatic hydroxyl groups excluding tert-OH is 1. The van der Waals surface area contributed by atoms with Gasteiger partial charge in [0.25, 0.3) is 0 Å². The zero-order chi connectivity index (χ0) is 13.3. The van der Waals surface area contributed by atoms with Crippen molar-refractivity contribution < 1.29 is 18.3 Å². The van der Waals surface area contributed by atoms with Crippen molar-refractivity contribution in [1.29, 1.82) is 0 Å². The van der Waals surface area contributed by atoms with Gasteiger partial charge in [-0.2, -0.15) is 13.2 Å². The van der Waals surface area contributed by atoms with Crippen LogP contribution < -0.4 is 0 Å². The lowest BCUT2D eigenvalue weighted by molar-refractivity contribution is -0.136. The van der Waals surface area contributed by atoms with E-state index in [0.29, 0.717) is 17.6 Å². The Labute approximate surface area is 103 Å². The second kappa shape index (κ2) is 4.65. The average molecular weight is 257 g/mol. The summed E-state index contributed by atoms with van der Waals surface area (Å²) in [6.45, 7) is 2.32. The van der Waals surface area contributed by atoms with Gasteiger partial charge in [-0.25, -0.2) is 0 Å². The maximum atomic E-state index is 13.0. The van der Waals surface area contributed by atoms with Gasteiger partial charge < -0.3 is 9.67 Å². The molecular weight excluding hydrogens is 243 g/mol. The van der Waals surface area contributed by atoms with Crippen molar-refractivity contribution in [2.24, 2.45) is 0 Å². The first-order valence-electron chi connectivity index (χ1n) is 5.77. The van der Waals surface area contributed by atoms with Crippen LogP contribution >= 0.6 is 0 Å². The molecule has 2 aromatic rings. The van der Waals surface area contributed by atoms with Crippen molar-refractivity contribution in [1.82, 2.24) is 4.57 Å². The minimum Gasteiger partial charge on any atom is -0.396 e. The molecule has 0 spiro atoms. The van der Waals surface area contributed by atoms with E-state index in [0.717, 1.165) is 6.07 Å². The lowest BCUT2D eigenvalue weighted by Crippen LogP contribution is -2.06. The molecule has 0 radical (unpaired) electrons. The standard InChI is InChI=1S/C13H14F3NO/c1-2-17-8-9(6-7-18)12-10(13(14,15)16)4-3-5-11(12)17/h3-5,8,18H,2,6-7H2,1H3. The predicted molar refractivity (Wildman–Crippen MR) is 63.4 cm³/mol. The monoisotopic (exact) mass is 257 g/mol. The lowest BCUT2D eigenvalue weighted by Gasteiger charge is -2.10. The van der Waals surface area contributed by atoms with Gasteiger partial charge in [-0.1, -0.05) is 6.07 Å². The molecule has 0 saturated heterocycles. The van der Waals surface area contributed by atoms with Crippen LogP contribution in [0.3, 0.4) is 0 Å². The van der Waals surface area contributed by atoms with Gasteiger partial charge in [-0.15, -0.1) is 0 Å². The molecule has 0 bridgehead atoms. The largest absolute Gasteiger partial charge is 0.417 e. The highest BCUT2D eigenvalue weighted by Gasteiger charge is 2.33. The summed E-state index contributed by atoms with van der Waals surface area (Å²) < 4.78 is 40.7. The van der Waals surface area contributed by atoms with Crippen molar-refractivity contribution in [3.8, 4) is 0 Å². The molecule has 5 heteroatoms. The van der Waals surface area contributed by atoms with Crippen LogP contribution in [0.25, 0.3) is 10.9 Å². The number of fused-ring (bicyclic) bond motifs is 1. The van der Waals surface area contributed by atoms with Crippen LogP contribution in [0, 0.1) is 0 Å². The molecule has 0 atom stereocenters. The highest BCUT2D eigenvalue weighted by atomic mass is 19.4. The van der Waals surface area contributed by atoms with Crippen LogP contribution in [-0.2, 0) is 19.1 Å². The topological polar surface area (TPSA) is 25.2 Å².